The van der Waals surface area contributed by atoms with Crippen LogP contribution >= 0.6 is 0 Å². The van der Waals surface area contributed by atoms with Gasteiger partial charge in [0.05, 0.1) is 17.9 Å². The van der Waals surface area contributed by atoms with Gasteiger partial charge in [0, 0.05) is 30.5 Å². The van der Waals surface area contributed by atoms with E-state index in [1.807, 2.05) is 6.07 Å². The predicted molar refractivity (Wildman–Crippen MR) is 117 cm³/mol. The number of rotatable bonds is 7. The lowest BCUT2D eigenvalue weighted by atomic mass is 10.1. The van der Waals surface area contributed by atoms with Gasteiger partial charge in [-0.15, -0.1) is 0 Å². The summed E-state index contributed by atoms with van der Waals surface area (Å²) < 4.78 is 20.0. The van der Waals surface area contributed by atoms with Crippen molar-refractivity contribution in [1.29, 1.82) is 0 Å². The Morgan fingerprint density at radius 2 is 1.90 bits per heavy atom. The van der Waals surface area contributed by atoms with Crippen molar-refractivity contribution in [2.45, 2.75) is 32.6 Å². The number of nitrogen functional groups attached to an aromatic ring is 1. The number of amides is 1. The van der Waals surface area contributed by atoms with Crippen LogP contribution < -0.4 is 26.4 Å². The topological polar surface area (TPSA) is 93.6 Å². The fraction of sp³-hybridized carbons (Fsp3) is 0.409. The van der Waals surface area contributed by atoms with Gasteiger partial charge in [-0.2, -0.15) is 0 Å². The van der Waals surface area contributed by atoms with Gasteiger partial charge in [0.1, 0.15) is 11.6 Å². The van der Waals surface area contributed by atoms with E-state index in [-0.39, 0.29) is 5.69 Å². The number of benzene rings is 2. The van der Waals surface area contributed by atoms with Crippen molar-refractivity contribution in [3.05, 3.63) is 47.8 Å². The van der Waals surface area contributed by atoms with E-state index in [1.54, 1.807) is 24.3 Å². The summed E-state index contributed by atoms with van der Waals surface area (Å²) in [6.45, 7) is 4.57. The van der Waals surface area contributed by atoms with Crippen molar-refractivity contribution in [1.82, 2.24) is 0 Å². The molecule has 1 aliphatic rings. The standard InChI is InChI=1S/C21H26FN3O2.CH5N/c1-2-3-12-27-16-7-8-17(19(23)14-16)21(26)24-20-9-6-15(13-18(20)22)25-10-4-5-11-25;1-2/h6-9,13-14H,2-5,10-12,23H2,1H3,(H,24,26);2H2,1H3. The molecule has 1 amide bonds. The number of nitrogens with one attached hydrogen (secondary N) is 1. The van der Waals surface area contributed by atoms with E-state index in [2.05, 4.69) is 22.9 Å². The molecular weight excluding hydrogens is 371 g/mol. The molecule has 29 heavy (non-hydrogen) atoms. The summed E-state index contributed by atoms with van der Waals surface area (Å²) in [5.74, 6) is -0.273. The largest absolute Gasteiger partial charge is 0.494 e. The van der Waals surface area contributed by atoms with Crippen molar-refractivity contribution in [2.24, 2.45) is 5.73 Å². The Kier molecular flexibility index (Phi) is 8.73. The third-order valence-corrected chi connectivity index (χ3v) is 4.71. The molecule has 0 aromatic heterocycles. The van der Waals surface area contributed by atoms with Crippen molar-refractivity contribution in [3.63, 3.8) is 0 Å². The molecule has 1 fully saturated rings. The Hall–Kier alpha value is -2.80. The molecule has 0 saturated carbocycles. The summed E-state index contributed by atoms with van der Waals surface area (Å²) in [4.78, 5) is 14.6. The molecule has 0 spiro atoms. The lowest BCUT2D eigenvalue weighted by Gasteiger charge is -2.18. The maximum Gasteiger partial charge on any atom is 0.257 e. The first-order valence-electron chi connectivity index (χ1n) is 10.0. The number of unbranched alkanes of at least 4 members (excludes halogenated alkanes) is 1. The fourth-order valence-electron chi connectivity index (χ4n) is 3.14. The molecule has 0 aliphatic carbocycles. The second kappa shape index (κ2) is 11.3. The summed E-state index contributed by atoms with van der Waals surface area (Å²) in [5.41, 5.74) is 12.1. The van der Waals surface area contributed by atoms with Crippen LogP contribution in [-0.4, -0.2) is 32.7 Å². The minimum atomic E-state index is -0.453. The molecule has 1 saturated heterocycles. The molecule has 1 heterocycles. The monoisotopic (exact) mass is 402 g/mol. The molecule has 2 aromatic rings. The highest BCUT2D eigenvalue weighted by Crippen LogP contribution is 2.26. The van der Waals surface area contributed by atoms with Gasteiger partial charge in [-0.25, -0.2) is 4.39 Å². The number of carbonyl (C=O) groups is 1. The summed E-state index contributed by atoms with van der Waals surface area (Å²) in [5, 5.41) is 2.60. The summed E-state index contributed by atoms with van der Waals surface area (Å²) >= 11 is 0. The third-order valence-electron chi connectivity index (χ3n) is 4.71. The molecule has 0 bridgehead atoms. The van der Waals surface area contributed by atoms with Gasteiger partial charge >= 0.3 is 0 Å². The van der Waals surface area contributed by atoms with Gasteiger partial charge in [0.25, 0.3) is 5.91 Å². The Labute approximate surface area is 172 Å². The molecule has 5 N–H and O–H groups in total. The zero-order valence-electron chi connectivity index (χ0n) is 17.2. The van der Waals surface area contributed by atoms with Crippen LogP contribution in [0.15, 0.2) is 36.4 Å². The molecule has 2 aromatic carbocycles. The number of hydrogen-bond acceptors (Lipinski definition) is 5. The molecule has 7 heteroatoms. The Balaban J connectivity index is 0.00000145. The van der Waals surface area contributed by atoms with Gasteiger partial charge in [-0.1, -0.05) is 13.3 Å². The maximum atomic E-state index is 14.4. The number of nitrogens with two attached hydrogens (primary N) is 2. The van der Waals surface area contributed by atoms with E-state index in [9.17, 15) is 9.18 Å². The number of ether oxygens (including phenoxy) is 1. The van der Waals surface area contributed by atoms with Crippen LogP contribution in [0.4, 0.5) is 21.5 Å². The van der Waals surface area contributed by atoms with Gasteiger partial charge in [-0.3, -0.25) is 4.79 Å². The zero-order chi connectivity index (χ0) is 21.2. The third kappa shape index (κ3) is 6.09. The van der Waals surface area contributed by atoms with E-state index in [4.69, 9.17) is 10.5 Å². The first kappa shape index (κ1) is 22.5. The van der Waals surface area contributed by atoms with Gasteiger partial charge in [-0.05, 0) is 56.6 Å². The molecule has 1 aliphatic heterocycles. The van der Waals surface area contributed by atoms with Crippen LogP contribution in [0, 0.1) is 5.82 Å². The van der Waals surface area contributed by atoms with Crippen molar-refractivity contribution in [2.75, 3.05) is 42.7 Å². The SMILES string of the molecule is CCCCOc1ccc(C(=O)Nc2ccc(N3CCCC3)cc2F)c(N)c1.CN. The Bertz CT molecular complexity index is 807. The average molecular weight is 403 g/mol. The number of nitrogens with zero attached hydrogens (tertiary/aromatic N) is 1. The molecule has 0 atom stereocenters. The van der Waals surface area contributed by atoms with Crippen molar-refractivity contribution in [3.8, 4) is 5.75 Å². The summed E-state index contributed by atoms with van der Waals surface area (Å²) in [6.07, 6.45) is 4.24. The summed E-state index contributed by atoms with van der Waals surface area (Å²) in [6, 6.07) is 9.82. The normalized spacial score (nSPS) is 12.9. The highest BCUT2D eigenvalue weighted by atomic mass is 19.1. The van der Waals surface area contributed by atoms with Crippen molar-refractivity contribution >= 4 is 23.0 Å². The second-order valence-corrected chi connectivity index (χ2v) is 6.76. The first-order chi connectivity index (χ1) is 14.1. The van der Waals surface area contributed by atoms with E-state index < -0.39 is 11.7 Å². The van der Waals surface area contributed by atoms with Crippen LogP contribution in [0.2, 0.25) is 0 Å². The smallest absolute Gasteiger partial charge is 0.257 e. The molecule has 0 radical (unpaired) electrons. The van der Waals surface area contributed by atoms with Gasteiger partial charge in [0.2, 0.25) is 0 Å². The zero-order valence-corrected chi connectivity index (χ0v) is 17.2. The van der Waals surface area contributed by atoms with E-state index in [0.29, 0.717) is 23.6 Å². The number of anilines is 3. The highest BCUT2D eigenvalue weighted by molar-refractivity contribution is 6.08. The predicted octanol–water partition coefficient (Wildman–Crippen LogP) is 4.01. The molecular formula is C22H31FN4O2. The van der Waals surface area contributed by atoms with E-state index in [1.165, 1.54) is 13.1 Å². The maximum absolute atomic E-state index is 14.4. The van der Waals surface area contributed by atoms with E-state index >= 15 is 0 Å². The molecule has 6 nitrogen and oxygen atoms in total. The lowest BCUT2D eigenvalue weighted by molar-refractivity contribution is 0.102. The van der Waals surface area contributed by atoms with Gasteiger partial charge in [0.15, 0.2) is 0 Å². The highest BCUT2D eigenvalue weighted by Gasteiger charge is 2.16. The average Bonchev–Trinajstić information content (AvgIpc) is 3.26. The molecule has 158 valence electrons. The van der Waals surface area contributed by atoms with Crippen molar-refractivity contribution < 1.29 is 13.9 Å². The van der Waals surface area contributed by atoms with Crippen LogP contribution in [0.25, 0.3) is 0 Å². The first-order valence-corrected chi connectivity index (χ1v) is 10.0. The van der Waals surface area contributed by atoms with Gasteiger partial charge < -0.3 is 26.4 Å². The Morgan fingerprint density at radius 1 is 1.17 bits per heavy atom. The van der Waals surface area contributed by atoms with Crippen LogP contribution in [0.3, 0.4) is 0 Å². The Morgan fingerprint density at radius 3 is 2.52 bits per heavy atom. The number of carbonyl (C=O) groups excluding carboxylic acids is 1. The fourth-order valence-corrected chi connectivity index (χ4v) is 3.14. The quantitative estimate of drug-likeness (QED) is 0.480. The lowest BCUT2D eigenvalue weighted by Crippen LogP contribution is -2.18. The van der Waals surface area contributed by atoms with Crippen LogP contribution in [-0.2, 0) is 0 Å². The molecule has 3 rings (SSSR count). The van der Waals surface area contributed by atoms with Crippen LogP contribution in [0.1, 0.15) is 43.0 Å². The number of halogens is 1. The minimum absolute atomic E-state index is 0.144. The number of hydrogen-bond donors (Lipinski definition) is 3. The van der Waals surface area contributed by atoms with Crippen LogP contribution in [0.5, 0.6) is 5.75 Å². The second-order valence-electron chi connectivity index (χ2n) is 6.76. The molecule has 0 unspecified atom stereocenters. The van der Waals surface area contributed by atoms with E-state index in [0.717, 1.165) is 44.5 Å². The minimum Gasteiger partial charge on any atom is -0.494 e. The summed E-state index contributed by atoms with van der Waals surface area (Å²) in [7, 11) is 1.50.